The first-order valence-electron chi connectivity index (χ1n) is 5.45. The van der Waals surface area contributed by atoms with Gasteiger partial charge in [-0.25, -0.2) is 12.8 Å². The Morgan fingerprint density at radius 3 is 2.37 bits per heavy atom. The standard InChI is InChI=1S/C11H13F4NO2S/c1-2-9(16)5-7-3-4-8(12)6-10(7)19(17,18)11(13,14)15/h3-4,6,9H,2,5,16H2,1H3. The van der Waals surface area contributed by atoms with Crippen LogP contribution in [0.3, 0.4) is 0 Å². The molecule has 0 bridgehead atoms. The molecule has 0 saturated carbocycles. The first-order valence-corrected chi connectivity index (χ1v) is 6.93. The predicted molar refractivity (Wildman–Crippen MR) is 61.6 cm³/mol. The lowest BCUT2D eigenvalue weighted by Crippen LogP contribution is -2.27. The lowest BCUT2D eigenvalue weighted by molar-refractivity contribution is -0.0436. The average Bonchev–Trinajstić information content (AvgIpc) is 2.29. The minimum absolute atomic E-state index is 0.0680. The van der Waals surface area contributed by atoms with Crippen molar-refractivity contribution in [3.05, 3.63) is 29.6 Å². The van der Waals surface area contributed by atoms with Gasteiger partial charge in [-0.3, -0.25) is 0 Å². The van der Waals surface area contributed by atoms with E-state index in [4.69, 9.17) is 5.73 Å². The lowest BCUT2D eigenvalue weighted by Gasteiger charge is -2.15. The topological polar surface area (TPSA) is 60.2 Å². The van der Waals surface area contributed by atoms with Crippen LogP contribution in [0.4, 0.5) is 17.6 Å². The Morgan fingerprint density at radius 1 is 1.32 bits per heavy atom. The number of rotatable bonds is 4. The van der Waals surface area contributed by atoms with E-state index >= 15 is 0 Å². The van der Waals surface area contributed by atoms with Gasteiger partial charge in [-0.1, -0.05) is 13.0 Å². The Morgan fingerprint density at radius 2 is 1.89 bits per heavy atom. The van der Waals surface area contributed by atoms with E-state index < -0.39 is 32.1 Å². The molecule has 1 aromatic rings. The highest BCUT2D eigenvalue weighted by molar-refractivity contribution is 7.92. The van der Waals surface area contributed by atoms with Crippen molar-refractivity contribution < 1.29 is 26.0 Å². The van der Waals surface area contributed by atoms with E-state index in [1.807, 2.05) is 0 Å². The van der Waals surface area contributed by atoms with Crippen LogP contribution in [0.1, 0.15) is 18.9 Å². The van der Waals surface area contributed by atoms with Gasteiger partial charge in [-0.2, -0.15) is 13.2 Å². The van der Waals surface area contributed by atoms with Crippen molar-refractivity contribution in [2.45, 2.75) is 36.2 Å². The molecule has 1 atom stereocenters. The van der Waals surface area contributed by atoms with Crippen LogP contribution in [0.5, 0.6) is 0 Å². The van der Waals surface area contributed by atoms with Crippen molar-refractivity contribution in [3.8, 4) is 0 Å². The number of sulfone groups is 1. The van der Waals surface area contributed by atoms with Gasteiger partial charge in [0, 0.05) is 6.04 Å². The first kappa shape index (κ1) is 15.9. The second-order valence-corrected chi connectivity index (χ2v) is 5.98. The highest BCUT2D eigenvalue weighted by Gasteiger charge is 2.48. The highest BCUT2D eigenvalue weighted by Crippen LogP contribution is 2.33. The van der Waals surface area contributed by atoms with E-state index in [0.717, 1.165) is 12.1 Å². The maximum atomic E-state index is 13.0. The monoisotopic (exact) mass is 299 g/mol. The summed E-state index contributed by atoms with van der Waals surface area (Å²) in [5.74, 6) is -1.04. The van der Waals surface area contributed by atoms with Crippen molar-refractivity contribution in [1.82, 2.24) is 0 Å². The molecule has 1 unspecified atom stereocenters. The van der Waals surface area contributed by atoms with Crippen molar-refractivity contribution >= 4 is 9.84 Å². The van der Waals surface area contributed by atoms with Crippen LogP contribution in [-0.2, 0) is 16.3 Å². The third kappa shape index (κ3) is 3.44. The second-order valence-electron chi connectivity index (χ2n) is 4.07. The van der Waals surface area contributed by atoms with E-state index in [-0.39, 0.29) is 12.0 Å². The van der Waals surface area contributed by atoms with Crippen molar-refractivity contribution in [2.75, 3.05) is 0 Å². The molecule has 0 spiro atoms. The number of hydrogen-bond acceptors (Lipinski definition) is 3. The summed E-state index contributed by atoms with van der Waals surface area (Å²) in [5, 5.41) is 0. The van der Waals surface area contributed by atoms with Crippen LogP contribution < -0.4 is 5.73 Å². The number of alkyl halides is 3. The van der Waals surface area contributed by atoms with Gasteiger partial charge in [0.15, 0.2) is 0 Å². The van der Waals surface area contributed by atoms with Gasteiger partial charge in [0.2, 0.25) is 0 Å². The predicted octanol–water partition coefficient (Wildman–Crippen LogP) is 2.40. The van der Waals surface area contributed by atoms with Crippen LogP contribution in [-0.4, -0.2) is 20.0 Å². The zero-order valence-corrected chi connectivity index (χ0v) is 10.9. The highest BCUT2D eigenvalue weighted by atomic mass is 32.2. The molecule has 19 heavy (non-hydrogen) atoms. The molecule has 0 heterocycles. The molecule has 0 aliphatic carbocycles. The minimum atomic E-state index is -5.58. The van der Waals surface area contributed by atoms with Gasteiger partial charge < -0.3 is 5.73 Å². The molecule has 8 heteroatoms. The summed E-state index contributed by atoms with van der Waals surface area (Å²) in [6.07, 6.45) is 0.393. The summed E-state index contributed by atoms with van der Waals surface area (Å²) in [6.45, 7) is 1.71. The molecule has 0 radical (unpaired) electrons. The molecule has 3 nitrogen and oxygen atoms in total. The molecule has 1 rings (SSSR count). The molecule has 0 fully saturated rings. The zero-order chi connectivity index (χ0) is 14.8. The SMILES string of the molecule is CCC(N)Cc1ccc(F)cc1S(=O)(=O)C(F)(F)F. The second kappa shape index (κ2) is 5.46. The summed E-state index contributed by atoms with van der Waals surface area (Å²) >= 11 is 0. The Balaban J connectivity index is 3.37. The smallest absolute Gasteiger partial charge is 0.327 e. The van der Waals surface area contributed by atoms with E-state index in [2.05, 4.69) is 0 Å². The summed E-state index contributed by atoms with van der Waals surface area (Å²) in [5.41, 5.74) is -0.00339. The summed E-state index contributed by atoms with van der Waals surface area (Å²) in [7, 11) is -5.58. The fourth-order valence-corrected chi connectivity index (χ4v) is 2.51. The lowest BCUT2D eigenvalue weighted by atomic mass is 10.0. The maximum Gasteiger partial charge on any atom is 0.501 e. The first-order chi connectivity index (χ1) is 8.59. The fourth-order valence-electron chi connectivity index (χ4n) is 1.50. The zero-order valence-electron chi connectivity index (χ0n) is 10.0. The third-order valence-corrected chi connectivity index (χ3v) is 4.20. The fraction of sp³-hybridized carbons (Fsp3) is 0.455. The van der Waals surface area contributed by atoms with Crippen molar-refractivity contribution in [3.63, 3.8) is 0 Å². The summed E-state index contributed by atoms with van der Waals surface area (Å²) < 4.78 is 73.3. The molecule has 2 N–H and O–H groups in total. The van der Waals surface area contributed by atoms with Gasteiger partial charge in [-0.05, 0) is 30.5 Å². The largest absolute Gasteiger partial charge is 0.501 e. The summed E-state index contributed by atoms with van der Waals surface area (Å²) in [6, 6.07) is 1.81. The Bertz CT molecular complexity index is 554. The molecule has 0 aliphatic heterocycles. The van der Waals surface area contributed by atoms with Crippen LogP contribution in [0.2, 0.25) is 0 Å². The molecular weight excluding hydrogens is 286 g/mol. The molecule has 108 valence electrons. The van der Waals surface area contributed by atoms with Gasteiger partial charge >= 0.3 is 5.51 Å². The van der Waals surface area contributed by atoms with Gasteiger partial charge in [-0.15, -0.1) is 0 Å². The number of nitrogens with two attached hydrogens (primary N) is 1. The normalized spacial score (nSPS) is 14.4. The maximum absolute atomic E-state index is 13.0. The molecule has 0 amide bonds. The van der Waals surface area contributed by atoms with E-state index in [1.54, 1.807) is 6.92 Å². The Hall–Kier alpha value is -1.15. The molecule has 0 saturated heterocycles. The van der Waals surface area contributed by atoms with Crippen molar-refractivity contribution in [1.29, 1.82) is 0 Å². The molecule has 0 aliphatic rings. The van der Waals surface area contributed by atoms with Crippen LogP contribution in [0.15, 0.2) is 23.1 Å². The number of benzene rings is 1. The van der Waals surface area contributed by atoms with Crippen LogP contribution >= 0.6 is 0 Å². The van der Waals surface area contributed by atoms with E-state index in [9.17, 15) is 26.0 Å². The molecule has 1 aromatic carbocycles. The number of hydrogen-bond donors (Lipinski definition) is 1. The molecule has 0 aromatic heterocycles. The van der Waals surface area contributed by atoms with Crippen LogP contribution in [0, 0.1) is 5.82 Å². The molecular formula is C11H13F4NO2S. The quantitative estimate of drug-likeness (QED) is 0.868. The van der Waals surface area contributed by atoms with E-state index in [0.29, 0.717) is 12.5 Å². The van der Waals surface area contributed by atoms with Crippen molar-refractivity contribution in [2.24, 2.45) is 5.73 Å². The number of halogens is 4. The Kier molecular flexibility index (Phi) is 4.57. The third-order valence-electron chi connectivity index (χ3n) is 2.63. The van der Waals surface area contributed by atoms with Crippen LogP contribution in [0.25, 0.3) is 0 Å². The Labute approximate surface area is 108 Å². The van der Waals surface area contributed by atoms with Gasteiger partial charge in [0.25, 0.3) is 9.84 Å². The van der Waals surface area contributed by atoms with Gasteiger partial charge in [0.05, 0.1) is 4.90 Å². The average molecular weight is 299 g/mol. The summed E-state index contributed by atoms with van der Waals surface area (Å²) in [4.78, 5) is -1.07. The minimum Gasteiger partial charge on any atom is -0.327 e. The van der Waals surface area contributed by atoms with Gasteiger partial charge in [0.1, 0.15) is 5.82 Å². The van der Waals surface area contributed by atoms with E-state index in [1.165, 1.54) is 0 Å².